The maximum atomic E-state index is 14.9. The van der Waals surface area contributed by atoms with Crippen LogP contribution in [-0.2, 0) is 4.74 Å². The zero-order valence-electron chi connectivity index (χ0n) is 18.2. The third kappa shape index (κ3) is 5.39. The van der Waals surface area contributed by atoms with Crippen LogP contribution in [0, 0.1) is 29.0 Å². The van der Waals surface area contributed by atoms with Gasteiger partial charge in [0, 0.05) is 32.0 Å². The number of carbonyl (C=O) groups is 2. The van der Waals surface area contributed by atoms with Crippen LogP contribution in [0.3, 0.4) is 0 Å². The summed E-state index contributed by atoms with van der Waals surface area (Å²) < 4.78 is 34.5. The number of halogens is 2. The van der Waals surface area contributed by atoms with E-state index in [9.17, 15) is 23.5 Å². The Morgan fingerprint density at radius 3 is 2.75 bits per heavy atom. The number of amides is 2. The van der Waals surface area contributed by atoms with Crippen molar-refractivity contribution in [2.24, 2.45) is 11.8 Å². The lowest BCUT2D eigenvalue weighted by Crippen LogP contribution is -2.42. The predicted molar refractivity (Wildman–Crippen MR) is 114 cm³/mol. The second-order valence-electron chi connectivity index (χ2n) is 8.71. The summed E-state index contributed by atoms with van der Waals surface area (Å²) in [5, 5.41) is 18.1. The molecular weight excluding hydrogens is 422 g/mol. The number of nitriles is 1. The van der Waals surface area contributed by atoms with Crippen LogP contribution in [0.5, 0.6) is 0 Å². The van der Waals surface area contributed by atoms with Gasteiger partial charge in [0.15, 0.2) is 0 Å². The quantitative estimate of drug-likeness (QED) is 0.678. The molecule has 1 aromatic rings. The van der Waals surface area contributed by atoms with Gasteiger partial charge in [-0.05, 0) is 30.5 Å². The number of alkyl halides is 1. The number of carboxylic acid groups (broad SMARTS) is 1. The van der Waals surface area contributed by atoms with Gasteiger partial charge in [-0.25, -0.2) is 18.4 Å². The fourth-order valence-electron chi connectivity index (χ4n) is 4.18. The summed E-state index contributed by atoms with van der Waals surface area (Å²) in [5.41, 5.74) is 0.533. The minimum atomic E-state index is -1.21. The number of nitrogens with zero attached hydrogens (tertiary/aromatic N) is 4. The highest BCUT2D eigenvalue weighted by molar-refractivity contribution is 5.90. The lowest BCUT2D eigenvalue weighted by atomic mass is 9.92. The third-order valence-corrected chi connectivity index (χ3v) is 5.77. The van der Waals surface area contributed by atoms with Gasteiger partial charge < -0.3 is 19.6 Å². The summed E-state index contributed by atoms with van der Waals surface area (Å²) in [6.45, 7) is 4.69. The summed E-state index contributed by atoms with van der Waals surface area (Å²) in [6.07, 6.45) is -3.02. The zero-order chi connectivity index (χ0) is 23.4. The maximum Gasteiger partial charge on any atom is 0.414 e. The van der Waals surface area contributed by atoms with Gasteiger partial charge >= 0.3 is 12.2 Å². The van der Waals surface area contributed by atoms with E-state index in [0.29, 0.717) is 25.2 Å². The van der Waals surface area contributed by atoms with Crippen LogP contribution in [0.15, 0.2) is 18.2 Å². The number of piperidine rings is 1. The molecule has 174 valence electrons. The van der Waals surface area contributed by atoms with Crippen molar-refractivity contribution in [3.8, 4) is 6.07 Å². The van der Waals surface area contributed by atoms with Crippen molar-refractivity contribution in [3.05, 3.63) is 24.0 Å². The molecule has 2 aliphatic rings. The van der Waals surface area contributed by atoms with Gasteiger partial charge in [-0.1, -0.05) is 13.8 Å². The molecule has 0 saturated carbocycles. The van der Waals surface area contributed by atoms with Crippen LogP contribution in [0.1, 0.15) is 26.7 Å². The largest absolute Gasteiger partial charge is 0.465 e. The fraction of sp³-hybridized carbons (Fsp3) is 0.591. The number of carbonyl (C=O) groups excluding carboxylic acids is 1. The molecule has 3 rings (SSSR count). The van der Waals surface area contributed by atoms with Gasteiger partial charge in [0.25, 0.3) is 0 Å². The SMILES string of the molecule is CC(C)CN(CC1CN(c2ccc(N3CCC(CC#N)[C@H](F)C3)c(F)c2)C(=O)O1)C(=O)O. The molecule has 2 heterocycles. The van der Waals surface area contributed by atoms with Gasteiger partial charge in [0.05, 0.1) is 30.5 Å². The highest BCUT2D eigenvalue weighted by Crippen LogP contribution is 2.32. The Kier molecular flexibility index (Phi) is 7.38. The van der Waals surface area contributed by atoms with Crippen LogP contribution in [-0.4, -0.2) is 67.2 Å². The van der Waals surface area contributed by atoms with Crippen molar-refractivity contribution in [1.29, 1.82) is 5.26 Å². The normalized spacial score (nSPS) is 23.2. The standard InChI is InChI=1S/C22H28F2N4O4/c1-14(2)10-27(21(29)30)11-17-12-28(22(31)32-17)16-3-4-20(18(23)9-16)26-8-6-15(5-7-25)19(24)13-26/h3-4,9,14-15,17,19H,5-6,8,10-13H2,1-2H3,(H,29,30)/t15?,17?,19-/m1/s1. The molecular formula is C22H28F2N4O4. The number of hydrogen-bond acceptors (Lipinski definition) is 5. The maximum absolute atomic E-state index is 14.9. The predicted octanol–water partition coefficient (Wildman–Crippen LogP) is 3.86. The Bertz CT molecular complexity index is 891. The van der Waals surface area contributed by atoms with E-state index in [1.165, 1.54) is 21.9 Å². The lowest BCUT2D eigenvalue weighted by Gasteiger charge is -2.35. The van der Waals surface area contributed by atoms with Gasteiger partial charge in [0.1, 0.15) is 18.1 Å². The molecule has 8 nitrogen and oxygen atoms in total. The lowest BCUT2D eigenvalue weighted by molar-refractivity contribution is 0.0924. The van der Waals surface area contributed by atoms with E-state index in [-0.39, 0.29) is 43.6 Å². The minimum absolute atomic E-state index is 0.0112. The average Bonchev–Trinajstić information content (AvgIpc) is 3.09. The van der Waals surface area contributed by atoms with Crippen molar-refractivity contribution in [3.63, 3.8) is 0 Å². The topological polar surface area (TPSA) is 97.1 Å². The molecule has 10 heteroatoms. The van der Waals surface area contributed by atoms with Gasteiger partial charge in [-0.2, -0.15) is 5.26 Å². The van der Waals surface area contributed by atoms with Crippen molar-refractivity contribution in [2.75, 3.05) is 42.5 Å². The first-order chi connectivity index (χ1) is 15.2. The van der Waals surface area contributed by atoms with Crippen LogP contribution in [0.25, 0.3) is 0 Å². The summed E-state index contributed by atoms with van der Waals surface area (Å²) in [4.78, 5) is 27.9. The summed E-state index contributed by atoms with van der Waals surface area (Å²) in [7, 11) is 0. The van der Waals surface area contributed by atoms with E-state index in [1.807, 2.05) is 19.9 Å². The molecule has 2 amide bonds. The van der Waals surface area contributed by atoms with Crippen LogP contribution >= 0.6 is 0 Å². The molecule has 0 radical (unpaired) electrons. The summed E-state index contributed by atoms with van der Waals surface area (Å²) >= 11 is 0. The molecule has 0 bridgehead atoms. The first kappa shape index (κ1) is 23.6. The average molecular weight is 450 g/mol. The Morgan fingerprint density at radius 2 is 2.16 bits per heavy atom. The number of anilines is 2. The molecule has 0 aliphatic carbocycles. The Balaban J connectivity index is 1.66. The fourth-order valence-corrected chi connectivity index (χ4v) is 4.18. The number of rotatable bonds is 7. The molecule has 0 spiro atoms. The number of ether oxygens (including phenoxy) is 1. The molecule has 2 unspecified atom stereocenters. The van der Waals surface area contributed by atoms with Crippen molar-refractivity contribution < 1.29 is 28.2 Å². The van der Waals surface area contributed by atoms with Crippen LogP contribution in [0.2, 0.25) is 0 Å². The molecule has 1 N–H and O–H groups in total. The van der Waals surface area contributed by atoms with Crippen LogP contribution in [0.4, 0.5) is 29.7 Å². The van der Waals surface area contributed by atoms with Gasteiger partial charge in [-0.15, -0.1) is 0 Å². The summed E-state index contributed by atoms with van der Waals surface area (Å²) in [6, 6.07) is 6.27. The monoisotopic (exact) mass is 450 g/mol. The molecule has 0 aromatic heterocycles. The smallest absolute Gasteiger partial charge is 0.414 e. The van der Waals surface area contributed by atoms with E-state index >= 15 is 0 Å². The molecule has 2 fully saturated rings. The molecule has 3 atom stereocenters. The van der Waals surface area contributed by atoms with Crippen LogP contribution < -0.4 is 9.80 Å². The Hall–Kier alpha value is -3.09. The van der Waals surface area contributed by atoms with E-state index in [2.05, 4.69) is 0 Å². The number of benzene rings is 1. The first-order valence-electron chi connectivity index (χ1n) is 10.7. The molecule has 2 saturated heterocycles. The van der Waals surface area contributed by atoms with E-state index in [1.54, 1.807) is 11.0 Å². The zero-order valence-corrected chi connectivity index (χ0v) is 18.2. The van der Waals surface area contributed by atoms with Gasteiger partial charge in [-0.3, -0.25) is 4.90 Å². The van der Waals surface area contributed by atoms with E-state index in [0.717, 1.165) is 0 Å². The second-order valence-corrected chi connectivity index (χ2v) is 8.71. The highest BCUT2D eigenvalue weighted by Gasteiger charge is 2.35. The Morgan fingerprint density at radius 1 is 1.41 bits per heavy atom. The molecule has 1 aromatic carbocycles. The number of cyclic esters (lactones) is 1. The third-order valence-electron chi connectivity index (χ3n) is 5.77. The highest BCUT2D eigenvalue weighted by atomic mass is 19.1. The second kappa shape index (κ2) is 10.0. The van der Waals surface area contributed by atoms with E-state index < -0.39 is 30.3 Å². The van der Waals surface area contributed by atoms with Crippen molar-refractivity contribution in [2.45, 2.75) is 39.0 Å². The van der Waals surface area contributed by atoms with Crippen molar-refractivity contribution >= 4 is 23.6 Å². The van der Waals surface area contributed by atoms with Crippen molar-refractivity contribution in [1.82, 2.24) is 4.90 Å². The molecule has 2 aliphatic heterocycles. The molecule has 32 heavy (non-hydrogen) atoms. The number of hydrogen-bond donors (Lipinski definition) is 1. The first-order valence-corrected chi connectivity index (χ1v) is 10.7. The minimum Gasteiger partial charge on any atom is -0.465 e. The van der Waals surface area contributed by atoms with E-state index in [4.69, 9.17) is 10.00 Å². The Labute approximate surface area is 185 Å². The van der Waals surface area contributed by atoms with Gasteiger partial charge in [0.2, 0.25) is 0 Å². The summed E-state index contributed by atoms with van der Waals surface area (Å²) in [5.74, 6) is -0.803.